The van der Waals surface area contributed by atoms with Crippen molar-refractivity contribution in [3.63, 3.8) is 0 Å². The predicted molar refractivity (Wildman–Crippen MR) is 53.5 cm³/mol. The second kappa shape index (κ2) is 4.06. The van der Waals surface area contributed by atoms with Crippen molar-refractivity contribution in [2.45, 2.75) is 33.3 Å². The van der Waals surface area contributed by atoms with Gasteiger partial charge in [-0.05, 0) is 25.0 Å². The van der Waals surface area contributed by atoms with E-state index in [9.17, 15) is 5.11 Å². The predicted octanol–water partition coefficient (Wildman–Crippen LogP) is 3.14. The highest BCUT2D eigenvalue weighted by Gasteiger charge is 2.15. The molecule has 2 unspecified atom stereocenters. The molecule has 0 aromatic carbocycles. The summed E-state index contributed by atoms with van der Waals surface area (Å²) in [5.74, 6) is 0.364. The molecule has 12 heavy (non-hydrogen) atoms. The monoisotopic (exact) mass is 184 g/mol. The number of hydrogen-bond acceptors (Lipinski definition) is 2. The molecule has 1 heterocycles. The average Bonchev–Trinajstić information content (AvgIpc) is 2.49. The molecule has 0 amide bonds. The van der Waals surface area contributed by atoms with Crippen LogP contribution in [-0.2, 0) is 0 Å². The van der Waals surface area contributed by atoms with Crippen LogP contribution in [0, 0.1) is 12.8 Å². The van der Waals surface area contributed by atoms with Crippen molar-refractivity contribution in [2.75, 3.05) is 0 Å². The van der Waals surface area contributed by atoms with Crippen LogP contribution in [0.15, 0.2) is 12.1 Å². The molecule has 0 saturated heterocycles. The number of thiophene rings is 1. The van der Waals surface area contributed by atoms with E-state index in [1.165, 1.54) is 4.88 Å². The Morgan fingerprint density at radius 3 is 2.58 bits per heavy atom. The van der Waals surface area contributed by atoms with Gasteiger partial charge in [0.2, 0.25) is 0 Å². The zero-order chi connectivity index (χ0) is 9.14. The molecule has 68 valence electrons. The maximum absolute atomic E-state index is 9.81. The molecule has 0 saturated carbocycles. The van der Waals surface area contributed by atoms with Crippen molar-refractivity contribution in [1.82, 2.24) is 0 Å². The lowest BCUT2D eigenvalue weighted by atomic mass is 10.0. The van der Waals surface area contributed by atoms with Crippen molar-refractivity contribution in [1.29, 1.82) is 0 Å². The van der Waals surface area contributed by atoms with Gasteiger partial charge in [-0.1, -0.05) is 20.3 Å². The van der Waals surface area contributed by atoms with Crippen LogP contribution < -0.4 is 0 Å². The molecular formula is C10H16OS. The van der Waals surface area contributed by atoms with Crippen molar-refractivity contribution in [3.05, 3.63) is 21.9 Å². The van der Waals surface area contributed by atoms with Crippen LogP contribution in [0.5, 0.6) is 0 Å². The van der Waals surface area contributed by atoms with E-state index in [4.69, 9.17) is 0 Å². The minimum atomic E-state index is -0.270. The quantitative estimate of drug-likeness (QED) is 0.765. The summed E-state index contributed by atoms with van der Waals surface area (Å²) in [6.45, 7) is 6.26. The van der Waals surface area contributed by atoms with Gasteiger partial charge in [-0.3, -0.25) is 0 Å². The van der Waals surface area contributed by atoms with E-state index in [1.807, 2.05) is 6.07 Å². The van der Waals surface area contributed by atoms with Crippen LogP contribution in [-0.4, -0.2) is 5.11 Å². The minimum Gasteiger partial charge on any atom is -0.387 e. The average molecular weight is 184 g/mol. The number of aliphatic hydroxyl groups excluding tert-OH is 1. The van der Waals surface area contributed by atoms with Crippen molar-refractivity contribution in [2.24, 2.45) is 5.92 Å². The summed E-state index contributed by atoms with van der Waals surface area (Å²) < 4.78 is 0. The van der Waals surface area contributed by atoms with Gasteiger partial charge in [0.25, 0.3) is 0 Å². The number of rotatable bonds is 3. The molecule has 0 aliphatic rings. The fraction of sp³-hybridized carbons (Fsp3) is 0.600. The summed E-state index contributed by atoms with van der Waals surface area (Å²) in [6, 6.07) is 4.09. The molecule has 0 aliphatic heterocycles. The third-order valence-electron chi connectivity index (χ3n) is 2.24. The van der Waals surface area contributed by atoms with Crippen molar-refractivity contribution < 1.29 is 5.11 Å². The van der Waals surface area contributed by atoms with E-state index >= 15 is 0 Å². The van der Waals surface area contributed by atoms with Crippen LogP contribution >= 0.6 is 11.3 Å². The Balaban J connectivity index is 2.70. The van der Waals surface area contributed by atoms with E-state index in [-0.39, 0.29) is 6.10 Å². The van der Waals surface area contributed by atoms with Crippen LogP contribution in [0.4, 0.5) is 0 Å². The van der Waals surface area contributed by atoms with Crippen LogP contribution in [0.2, 0.25) is 0 Å². The molecule has 0 aliphatic carbocycles. The van der Waals surface area contributed by atoms with Gasteiger partial charge >= 0.3 is 0 Å². The van der Waals surface area contributed by atoms with Crippen LogP contribution in [0.3, 0.4) is 0 Å². The normalized spacial score (nSPS) is 16.0. The minimum absolute atomic E-state index is 0.270. The summed E-state index contributed by atoms with van der Waals surface area (Å²) in [5, 5.41) is 9.81. The maximum Gasteiger partial charge on any atom is 0.0907 e. The van der Waals surface area contributed by atoms with E-state index in [2.05, 4.69) is 26.8 Å². The zero-order valence-electron chi connectivity index (χ0n) is 7.87. The molecule has 0 fully saturated rings. The Labute approximate surface area is 78.1 Å². The molecule has 0 radical (unpaired) electrons. The first kappa shape index (κ1) is 9.75. The van der Waals surface area contributed by atoms with E-state index in [1.54, 1.807) is 11.3 Å². The first-order chi connectivity index (χ1) is 5.65. The van der Waals surface area contributed by atoms with E-state index < -0.39 is 0 Å². The lowest BCUT2D eigenvalue weighted by Gasteiger charge is -2.14. The molecule has 1 aromatic rings. The summed E-state index contributed by atoms with van der Waals surface area (Å²) in [6.07, 6.45) is 0.756. The highest BCUT2D eigenvalue weighted by molar-refractivity contribution is 7.12. The van der Waals surface area contributed by atoms with Crippen LogP contribution in [0.25, 0.3) is 0 Å². The van der Waals surface area contributed by atoms with Gasteiger partial charge in [0.15, 0.2) is 0 Å². The fourth-order valence-electron chi connectivity index (χ4n) is 1.12. The Bertz CT molecular complexity index is 242. The van der Waals surface area contributed by atoms with E-state index in [0.717, 1.165) is 11.3 Å². The summed E-state index contributed by atoms with van der Waals surface area (Å²) in [5.41, 5.74) is 0. The van der Waals surface area contributed by atoms with E-state index in [0.29, 0.717) is 5.92 Å². The van der Waals surface area contributed by atoms with Gasteiger partial charge in [0.05, 0.1) is 6.10 Å². The Morgan fingerprint density at radius 2 is 2.17 bits per heavy atom. The van der Waals surface area contributed by atoms with Gasteiger partial charge in [0.1, 0.15) is 0 Å². The molecular weight excluding hydrogens is 168 g/mol. The van der Waals surface area contributed by atoms with Crippen LogP contribution in [0.1, 0.15) is 36.1 Å². The second-order valence-corrected chi connectivity index (χ2v) is 4.60. The topological polar surface area (TPSA) is 20.2 Å². The molecule has 0 bridgehead atoms. The summed E-state index contributed by atoms with van der Waals surface area (Å²) >= 11 is 1.69. The van der Waals surface area contributed by atoms with Gasteiger partial charge < -0.3 is 5.11 Å². The number of aliphatic hydroxyl groups is 1. The first-order valence-electron chi connectivity index (χ1n) is 4.39. The SMILES string of the molecule is CCC(C)C(O)c1ccc(C)s1. The molecule has 1 N–H and O–H groups in total. The smallest absolute Gasteiger partial charge is 0.0907 e. The molecule has 1 nitrogen and oxygen atoms in total. The third-order valence-corrected chi connectivity index (χ3v) is 3.31. The van der Waals surface area contributed by atoms with Gasteiger partial charge in [-0.15, -0.1) is 11.3 Å². The zero-order valence-corrected chi connectivity index (χ0v) is 8.69. The lowest BCUT2D eigenvalue weighted by molar-refractivity contribution is 0.119. The molecule has 1 rings (SSSR count). The van der Waals surface area contributed by atoms with Crippen molar-refractivity contribution >= 4 is 11.3 Å². The Kier molecular flexibility index (Phi) is 3.29. The highest BCUT2D eigenvalue weighted by atomic mass is 32.1. The van der Waals surface area contributed by atoms with Gasteiger partial charge in [-0.25, -0.2) is 0 Å². The maximum atomic E-state index is 9.81. The summed E-state index contributed by atoms with van der Waals surface area (Å²) in [7, 11) is 0. The standard InChI is InChI=1S/C10H16OS/c1-4-7(2)10(11)9-6-5-8(3)12-9/h5-7,10-11H,4H2,1-3H3. The number of hydrogen-bond donors (Lipinski definition) is 1. The number of aryl methyl sites for hydroxylation is 1. The Morgan fingerprint density at radius 1 is 1.50 bits per heavy atom. The van der Waals surface area contributed by atoms with Gasteiger partial charge in [0, 0.05) is 9.75 Å². The second-order valence-electron chi connectivity index (χ2n) is 3.28. The highest BCUT2D eigenvalue weighted by Crippen LogP contribution is 2.29. The third kappa shape index (κ3) is 2.08. The summed E-state index contributed by atoms with van der Waals surface area (Å²) in [4.78, 5) is 2.37. The molecule has 1 aromatic heterocycles. The first-order valence-corrected chi connectivity index (χ1v) is 5.21. The Hall–Kier alpha value is -0.340. The van der Waals surface area contributed by atoms with Crippen molar-refractivity contribution in [3.8, 4) is 0 Å². The fourth-order valence-corrected chi connectivity index (χ4v) is 2.11. The van der Waals surface area contributed by atoms with Gasteiger partial charge in [-0.2, -0.15) is 0 Å². The molecule has 0 spiro atoms. The largest absolute Gasteiger partial charge is 0.387 e. The molecule has 2 atom stereocenters. The molecule has 2 heteroatoms. The lowest BCUT2D eigenvalue weighted by Crippen LogP contribution is -2.05.